The van der Waals surface area contributed by atoms with Crippen LogP contribution in [-0.2, 0) is 54.4 Å². The molecule has 0 bridgehead atoms. The summed E-state index contributed by atoms with van der Waals surface area (Å²) in [6.45, 7) is 5.03. The third kappa shape index (κ3) is 21.2. The van der Waals surface area contributed by atoms with Gasteiger partial charge in [-0.05, 0) is 94.7 Å². The predicted octanol–water partition coefficient (Wildman–Crippen LogP) is -2.82. The van der Waals surface area contributed by atoms with Gasteiger partial charge in [-0.2, -0.15) is 11.8 Å². The first-order chi connectivity index (χ1) is 34.6. The minimum atomic E-state index is -1.52. The van der Waals surface area contributed by atoms with Crippen LogP contribution in [0.3, 0.4) is 0 Å². The van der Waals surface area contributed by atoms with Crippen molar-refractivity contribution < 1.29 is 63.3 Å². The Morgan fingerprint density at radius 2 is 1.42 bits per heavy atom. The van der Waals surface area contributed by atoms with E-state index in [-0.39, 0.29) is 63.5 Å². The van der Waals surface area contributed by atoms with Gasteiger partial charge in [-0.25, -0.2) is 4.79 Å². The molecule has 0 unspecified atom stereocenters. The lowest BCUT2D eigenvalue weighted by Crippen LogP contribution is -2.61. The first kappa shape index (κ1) is 60.8. The minimum absolute atomic E-state index is 0.0298. The highest BCUT2D eigenvalue weighted by Crippen LogP contribution is 2.21. The molecule has 15 N–H and O–H groups in total. The molecule has 25 nitrogen and oxygen atoms in total. The lowest BCUT2D eigenvalue weighted by molar-refractivity contribution is -0.143. The molecule has 0 saturated carbocycles. The van der Waals surface area contributed by atoms with Crippen LogP contribution in [0.1, 0.15) is 90.5 Å². The molecule has 0 spiro atoms. The first-order valence-corrected chi connectivity index (χ1v) is 25.8. The Bertz CT molecular complexity index is 2090. The Morgan fingerprint density at radius 3 is 2.01 bits per heavy atom. The number of aliphatic imine (C=N–C) groups is 1. The molecule has 2 saturated heterocycles. The topological polar surface area (TPSA) is 395 Å². The Labute approximate surface area is 428 Å². The number of nitrogens with one attached hydrogen (secondary N) is 8. The Kier molecular flexibility index (Phi) is 25.9. The molecule has 1 aromatic rings. The van der Waals surface area contributed by atoms with Crippen molar-refractivity contribution in [2.45, 2.75) is 146 Å². The summed E-state index contributed by atoms with van der Waals surface area (Å²) >= 11 is 1.39. The number of carbonyl (C=O) groups excluding carboxylic acids is 8. The molecule has 8 amide bonds. The number of likely N-dealkylation sites (tertiary alicyclic amines) is 1. The number of hydrogen-bond donors (Lipinski definition) is 13. The van der Waals surface area contributed by atoms with Gasteiger partial charge in [-0.3, -0.25) is 48.1 Å². The second-order valence-electron chi connectivity index (χ2n) is 18.5. The first-order valence-electron chi connectivity index (χ1n) is 24.4. The van der Waals surface area contributed by atoms with E-state index in [1.165, 1.54) is 23.6 Å². The number of guanidine groups is 1. The molecular formula is C47H74N12O13S. The van der Waals surface area contributed by atoms with Crippen molar-refractivity contribution in [2.24, 2.45) is 22.4 Å². The van der Waals surface area contributed by atoms with Gasteiger partial charge in [0, 0.05) is 25.9 Å². The van der Waals surface area contributed by atoms with Gasteiger partial charge >= 0.3 is 11.9 Å². The number of hydrogen-bond acceptors (Lipinski definition) is 14. The fraction of sp³-hybridized carbons (Fsp3) is 0.638. The van der Waals surface area contributed by atoms with Crippen LogP contribution >= 0.6 is 11.8 Å². The van der Waals surface area contributed by atoms with Gasteiger partial charge in [0.2, 0.25) is 47.3 Å². The van der Waals surface area contributed by atoms with Crippen molar-refractivity contribution in [3.05, 3.63) is 35.9 Å². The van der Waals surface area contributed by atoms with Crippen LogP contribution < -0.4 is 54.0 Å². The fourth-order valence-electron chi connectivity index (χ4n) is 8.24. The van der Waals surface area contributed by atoms with E-state index in [9.17, 15) is 58.2 Å². The van der Waals surface area contributed by atoms with Crippen LogP contribution in [0.2, 0.25) is 0 Å². The van der Waals surface area contributed by atoms with E-state index in [0.29, 0.717) is 30.7 Å². The molecule has 0 aliphatic carbocycles. The average molecular weight is 1050 g/mol. The van der Waals surface area contributed by atoms with Gasteiger partial charge in [0.25, 0.3) is 0 Å². The number of thioether (sulfide) groups is 1. The molecule has 2 aliphatic heterocycles. The maximum Gasteiger partial charge on any atom is 0.326 e. The largest absolute Gasteiger partial charge is 0.481 e. The predicted molar refractivity (Wildman–Crippen MR) is 269 cm³/mol. The Hall–Kier alpha value is -6.54. The van der Waals surface area contributed by atoms with Gasteiger partial charge in [-0.1, -0.05) is 44.2 Å². The normalized spacial score (nSPS) is 18.1. The van der Waals surface area contributed by atoms with Crippen LogP contribution in [-0.4, -0.2) is 178 Å². The number of amides is 8. The van der Waals surface area contributed by atoms with Gasteiger partial charge in [0.05, 0.1) is 18.7 Å². The highest BCUT2D eigenvalue weighted by Gasteiger charge is 2.41. The van der Waals surface area contributed by atoms with Crippen molar-refractivity contribution in [3.8, 4) is 0 Å². The molecule has 73 heavy (non-hydrogen) atoms. The molecule has 2 fully saturated rings. The maximum absolute atomic E-state index is 14.7. The summed E-state index contributed by atoms with van der Waals surface area (Å²) in [5.74, 6) is -8.49. The minimum Gasteiger partial charge on any atom is -0.481 e. The summed E-state index contributed by atoms with van der Waals surface area (Å²) in [5.41, 5.74) is 11.7. The van der Waals surface area contributed by atoms with Crippen LogP contribution in [0.5, 0.6) is 0 Å². The molecule has 1 aromatic carbocycles. The number of carboxylic acids is 2. The number of carboxylic acid groups (broad SMARTS) is 2. The molecule has 2 heterocycles. The molecule has 0 aromatic heterocycles. The zero-order valence-electron chi connectivity index (χ0n) is 41.9. The molecule has 26 heteroatoms. The second kappa shape index (κ2) is 31.1. The van der Waals surface area contributed by atoms with Crippen molar-refractivity contribution in [1.82, 2.24) is 47.4 Å². The number of aliphatic hydroxyl groups excluding tert-OH is 1. The summed E-state index contributed by atoms with van der Waals surface area (Å²) in [6, 6.07) is -0.835. The average Bonchev–Trinajstić information content (AvgIpc) is 4.07. The standard InChI is InChI=1S/C47H74N12O13S/c1-26(2)23-33(39(64)52-25-36(61)53-32(46(71)72)16-17-37(62)63)56-42(67)31(18-22-73-4)54-43(68)35-15-10-21-59(35)45(70)34(24-28-11-6-5-7-12-28)57-41(66)30(14-9-20-51-47(48)49)55-44(69)38(27(3)60)58-40(65)29-13-8-19-50-29/h5-7,11-12,26-27,29-35,38,50,60H,8-10,13-25H2,1-4H3,(H,52,64)(H,53,61)(H,54,68)(H,55,69)(H,56,67)(H,57,66)(H,58,65)(H,62,63)(H,71,72)(H4,48,49,51)/t27-,29-,30-,31-,32-,33-,34-,35-,38-/m1/s1. The molecular weight excluding hydrogens is 973 g/mol. The number of aliphatic carboxylic acids is 2. The number of benzene rings is 1. The van der Waals surface area contributed by atoms with Gasteiger partial charge in [0.15, 0.2) is 5.96 Å². The zero-order valence-corrected chi connectivity index (χ0v) is 42.7. The number of aliphatic hydroxyl groups is 1. The number of nitrogens with zero attached hydrogens (tertiary/aromatic N) is 2. The number of rotatable bonds is 31. The summed E-state index contributed by atoms with van der Waals surface area (Å²) < 4.78 is 0. The lowest BCUT2D eigenvalue weighted by atomic mass is 10.0. The molecule has 9 atom stereocenters. The molecule has 0 radical (unpaired) electrons. The summed E-state index contributed by atoms with van der Waals surface area (Å²) in [5, 5.41) is 49.9. The van der Waals surface area contributed by atoms with E-state index in [1.54, 1.807) is 50.4 Å². The monoisotopic (exact) mass is 1050 g/mol. The van der Waals surface area contributed by atoms with E-state index in [0.717, 1.165) is 6.42 Å². The van der Waals surface area contributed by atoms with Crippen LogP contribution in [0.25, 0.3) is 0 Å². The van der Waals surface area contributed by atoms with E-state index < -0.39 is 133 Å². The van der Waals surface area contributed by atoms with Gasteiger partial charge < -0.3 is 74.2 Å². The maximum atomic E-state index is 14.7. The summed E-state index contributed by atoms with van der Waals surface area (Å²) in [6.07, 6.45) is 1.75. The Morgan fingerprint density at radius 1 is 0.767 bits per heavy atom. The van der Waals surface area contributed by atoms with Crippen molar-refractivity contribution in [3.63, 3.8) is 0 Å². The van der Waals surface area contributed by atoms with E-state index in [4.69, 9.17) is 16.6 Å². The van der Waals surface area contributed by atoms with Crippen LogP contribution in [0, 0.1) is 5.92 Å². The van der Waals surface area contributed by atoms with E-state index in [1.807, 2.05) is 0 Å². The highest BCUT2D eigenvalue weighted by molar-refractivity contribution is 7.98. The highest BCUT2D eigenvalue weighted by atomic mass is 32.2. The van der Waals surface area contributed by atoms with E-state index >= 15 is 0 Å². The Balaban J connectivity index is 1.83. The lowest BCUT2D eigenvalue weighted by Gasteiger charge is -2.31. The summed E-state index contributed by atoms with van der Waals surface area (Å²) in [4.78, 5) is 138. The van der Waals surface area contributed by atoms with Crippen LogP contribution in [0.15, 0.2) is 35.3 Å². The molecule has 2 aliphatic rings. The second-order valence-corrected chi connectivity index (χ2v) is 19.5. The fourth-order valence-corrected chi connectivity index (χ4v) is 8.71. The third-order valence-electron chi connectivity index (χ3n) is 12.0. The molecule has 406 valence electrons. The van der Waals surface area contributed by atoms with Crippen molar-refractivity contribution in [2.75, 3.05) is 38.2 Å². The third-order valence-corrected chi connectivity index (χ3v) is 12.7. The zero-order chi connectivity index (χ0) is 54.2. The molecule has 3 rings (SSSR count). The smallest absolute Gasteiger partial charge is 0.326 e. The van der Waals surface area contributed by atoms with E-state index in [2.05, 4.69) is 47.5 Å². The van der Waals surface area contributed by atoms with Gasteiger partial charge in [-0.15, -0.1) is 0 Å². The van der Waals surface area contributed by atoms with Crippen molar-refractivity contribution >= 4 is 76.9 Å². The number of carbonyl (C=O) groups is 10. The van der Waals surface area contributed by atoms with Gasteiger partial charge in [0.1, 0.15) is 42.3 Å². The summed E-state index contributed by atoms with van der Waals surface area (Å²) in [7, 11) is 0. The quantitative estimate of drug-likeness (QED) is 0.0203. The van der Waals surface area contributed by atoms with Crippen molar-refractivity contribution in [1.29, 1.82) is 0 Å². The number of nitrogens with two attached hydrogens (primary N) is 2. The SMILES string of the molecule is CSCC[C@@H](NC(=O)[C@H]1CCCN1C(=O)[C@@H](Cc1ccccc1)NC(=O)[C@@H](CCCN=C(N)N)NC(=O)[C@H](NC(=O)[C@H]1CCCN1)[C@@H](C)O)C(=O)N[C@H](CC(C)C)C(=O)NCC(=O)N[C@H](CCC(=O)O)C(=O)O. The van der Waals surface area contributed by atoms with Crippen LogP contribution in [0.4, 0.5) is 0 Å².